The molecule has 0 radical (unpaired) electrons. The highest BCUT2D eigenvalue weighted by atomic mass is 35.5. The smallest absolute Gasteiger partial charge is 0.142 e. The van der Waals surface area contributed by atoms with Gasteiger partial charge in [0, 0.05) is 19.7 Å². The average Bonchev–Trinajstić information content (AvgIpc) is 2.19. The van der Waals surface area contributed by atoms with Gasteiger partial charge < -0.3 is 4.90 Å². The molecule has 0 saturated carbocycles. The van der Waals surface area contributed by atoms with Gasteiger partial charge in [-0.2, -0.15) is 5.26 Å². The SMILES string of the molecule is CN(C)/C(=C(/Cl)C#N)c1ccccc1. The van der Waals surface area contributed by atoms with Gasteiger partial charge in [0.1, 0.15) is 11.1 Å². The first-order valence-electron chi connectivity index (χ1n) is 4.19. The summed E-state index contributed by atoms with van der Waals surface area (Å²) in [6, 6.07) is 11.6. The molecule has 1 rings (SSSR count). The van der Waals surface area contributed by atoms with Crippen LogP contribution in [-0.2, 0) is 0 Å². The molecular weight excluding hydrogens is 196 g/mol. The molecule has 0 N–H and O–H groups in total. The van der Waals surface area contributed by atoms with Crippen molar-refractivity contribution in [3.05, 3.63) is 40.9 Å². The monoisotopic (exact) mass is 206 g/mol. The molecule has 72 valence electrons. The molecule has 0 atom stereocenters. The fourth-order valence-corrected chi connectivity index (χ4v) is 1.51. The van der Waals surface area contributed by atoms with E-state index in [2.05, 4.69) is 0 Å². The fourth-order valence-electron chi connectivity index (χ4n) is 1.23. The van der Waals surface area contributed by atoms with Crippen molar-refractivity contribution in [1.82, 2.24) is 4.90 Å². The normalized spacial score (nSPS) is 11.6. The standard InChI is InChI=1S/C11H11ClN2/c1-14(2)11(10(12)8-13)9-6-4-3-5-7-9/h3-7H,1-2H3/b11-10+. The Hall–Kier alpha value is -1.46. The Morgan fingerprint density at radius 1 is 1.29 bits per heavy atom. The van der Waals surface area contributed by atoms with Crippen molar-refractivity contribution < 1.29 is 0 Å². The zero-order chi connectivity index (χ0) is 10.6. The van der Waals surface area contributed by atoms with Crippen LogP contribution in [0.2, 0.25) is 0 Å². The summed E-state index contributed by atoms with van der Waals surface area (Å²) in [5, 5.41) is 8.96. The van der Waals surface area contributed by atoms with Gasteiger partial charge in [0.2, 0.25) is 0 Å². The van der Waals surface area contributed by atoms with Crippen molar-refractivity contribution in [3.63, 3.8) is 0 Å². The second kappa shape index (κ2) is 4.69. The number of hydrogen-bond donors (Lipinski definition) is 0. The van der Waals surface area contributed by atoms with Crippen molar-refractivity contribution in [3.8, 4) is 6.07 Å². The second-order valence-electron chi connectivity index (χ2n) is 3.03. The van der Waals surface area contributed by atoms with Crippen LogP contribution in [0.5, 0.6) is 0 Å². The molecule has 14 heavy (non-hydrogen) atoms. The largest absolute Gasteiger partial charge is 0.375 e. The van der Waals surface area contributed by atoms with E-state index in [1.54, 1.807) is 0 Å². The summed E-state index contributed by atoms with van der Waals surface area (Å²) in [5.74, 6) is 0. The zero-order valence-corrected chi connectivity index (χ0v) is 8.92. The number of allylic oxidation sites excluding steroid dienone is 1. The van der Waals surface area contributed by atoms with Gasteiger partial charge in [-0.1, -0.05) is 41.9 Å². The summed E-state index contributed by atoms with van der Waals surface area (Å²) in [6.45, 7) is 0. The number of nitriles is 1. The predicted octanol–water partition coefficient (Wildman–Crippen LogP) is 2.68. The number of rotatable bonds is 2. The first-order valence-corrected chi connectivity index (χ1v) is 4.57. The Balaban J connectivity index is 3.23. The van der Waals surface area contributed by atoms with E-state index in [9.17, 15) is 0 Å². The number of benzene rings is 1. The molecular formula is C11H11ClN2. The van der Waals surface area contributed by atoms with E-state index in [0.717, 1.165) is 11.3 Å². The van der Waals surface area contributed by atoms with Crippen molar-refractivity contribution in [2.45, 2.75) is 0 Å². The third-order valence-electron chi connectivity index (χ3n) is 1.80. The molecule has 0 bridgehead atoms. The minimum absolute atomic E-state index is 0.209. The van der Waals surface area contributed by atoms with Gasteiger partial charge >= 0.3 is 0 Å². The summed E-state index contributed by atoms with van der Waals surface area (Å²) in [4.78, 5) is 1.83. The molecule has 1 aromatic rings. The molecule has 1 aromatic carbocycles. The summed E-state index contributed by atoms with van der Waals surface area (Å²) in [5.41, 5.74) is 1.69. The first kappa shape index (κ1) is 10.6. The van der Waals surface area contributed by atoms with Gasteiger partial charge in [-0.3, -0.25) is 0 Å². The predicted molar refractivity (Wildman–Crippen MR) is 58.5 cm³/mol. The van der Waals surface area contributed by atoms with Crippen LogP contribution in [0.15, 0.2) is 35.4 Å². The van der Waals surface area contributed by atoms with Gasteiger partial charge in [-0.15, -0.1) is 0 Å². The lowest BCUT2D eigenvalue weighted by Gasteiger charge is -2.17. The van der Waals surface area contributed by atoms with Crippen LogP contribution in [0.3, 0.4) is 0 Å². The molecule has 0 spiro atoms. The van der Waals surface area contributed by atoms with E-state index in [4.69, 9.17) is 16.9 Å². The summed E-state index contributed by atoms with van der Waals surface area (Å²) in [7, 11) is 3.73. The maximum absolute atomic E-state index is 8.75. The molecule has 0 fully saturated rings. The number of halogens is 1. The minimum atomic E-state index is 0.209. The summed E-state index contributed by atoms with van der Waals surface area (Å²) in [6.07, 6.45) is 0. The maximum atomic E-state index is 8.75. The van der Waals surface area contributed by atoms with E-state index in [-0.39, 0.29) is 5.03 Å². The lowest BCUT2D eigenvalue weighted by Crippen LogP contribution is -2.11. The van der Waals surface area contributed by atoms with Crippen molar-refractivity contribution in [2.75, 3.05) is 14.1 Å². The molecule has 0 amide bonds. The van der Waals surface area contributed by atoms with E-state index >= 15 is 0 Å². The van der Waals surface area contributed by atoms with Gasteiger partial charge in [0.25, 0.3) is 0 Å². The summed E-state index contributed by atoms with van der Waals surface area (Å²) >= 11 is 5.84. The van der Waals surface area contributed by atoms with Crippen LogP contribution in [0.25, 0.3) is 5.70 Å². The highest BCUT2D eigenvalue weighted by Gasteiger charge is 2.08. The fraction of sp³-hybridized carbons (Fsp3) is 0.182. The van der Waals surface area contributed by atoms with E-state index < -0.39 is 0 Å². The van der Waals surface area contributed by atoms with Crippen LogP contribution in [-0.4, -0.2) is 19.0 Å². The lowest BCUT2D eigenvalue weighted by molar-refractivity contribution is 0.591. The van der Waals surface area contributed by atoms with Gasteiger partial charge in [0.05, 0.1) is 5.70 Å². The van der Waals surface area contributed by atoms with Crippen LogP contribution in [0.1, 0.15) is 5.56 Å². The average molecular weight is 207 g/mol. The molecule has 0 saturated heterocycles. The lowest BCUT2D eigenvalue weighted by atomic mass is 10.1. The first-order chi connectivity index (χ1) is 6.66. The third-order valence-corrected chi connectivity index (χ3v) is 2.06. The highest BCUT2D eigenvalue weighted by Crippen LogP contribution is 2.22. The Bertz CT molecular complexity index is 374. The Kier molecular flexibility index (Phi) is 3.55. The topological polar surface area (TPSA) is 27.0 Å². The third kappa shape index (κ3) is 2.27. The highest BCUT2D eigenvalue weighted by molar-refractivity contribution is 6.34. The van der Waals surface area contributed by atoms with E-state index in [1.165, 1.54) is 0 Å². The molecule has 0 heterocycles. The Labute approximate surface area is 89.0 Å². The van der Waals surface area contributed by atoms with Crippen LogP contribution in [0.4, 0.5) is 0 Å². The Morgan fingerprint density at radius 2 is 1.86 bits per heavy atom. The second-order valence-corrected chi connectivity index (χ2v) is 3.41. The van der Waals surface area contributed by atoms with Gasteiger partial charge in [0.15, 0.2) is 0 Å². The quantitative estimate of drug-likeness (QED) is 0.696. The van der Waals surface area contributed by atoms with Crippen molar-refractivity contribution in [2.24, 2.45) is 0 Å². The molecule has 0 aliphatic heterocycles. The van der Waals surface area contributed by atoms with E-state index in [1.807, 2.05) is 55.4 Å². The molecule has 3 heteroatoms. The Morgan fingerprint density at radius 3 is 2.29 bits per heavy atom. The van der Waals surface area contributed by atoms with Gasteiger partial charge in [-0.05, 0) is 0 Å². The molecule has 0 aliphatic rings. The van der Waals surface area contributed by atoms with Gasteiger partial charge in [-0.25, -0.2) is 0 Å². The molecule has 0 aromatic heterocycles. The van der Waals surface area contributed by atoms with Crippen LogP contribution >= 0.6 is 11.6 Å². The van der Waals surface area contributed by atoms with Crippen molar-refractivity contribution >= 4 is 17.3 Å². The van der Waals surface area contributed by atoms with Crippen LogP contribution < -0.4 is 0 Å². The molecule has 0 aliphatic carbocycles. The zero-order valence-electron chi connectivity index (χ0n) is 8.16. The maximum Gasteiger partial charge on any atom is 0.142 e. The number of nitrogens with zero attached hydrogens (tertiary/aromatic N) is 2. The number of hydrogen-bond acceptors (Lipinski definition) is 2. The summed E-state index contributed by atoms with van der Waals surface area (Å²) < 4.78 is 0. The minimum Gasteiger partial charge on any atom is -0.375 e. The molecule has 2 nitrogen and oxygen atoms in total. The van der Waals surface area contributed by atoms with Crippen molar-refractivity contribution in [1.29, 1.82) is 5.26 Å². The molecule has 0 unspecified atom stereocenters. The van der Waals surface area contributed by atoms with E-state index in [0.29, 0.717) is 0 Å². The van der Waals surface area contributed by atoms with Crippen LogP contribution in [0, 0.1) is 11.3 Å².